The maximum absolute atomic E-state index is 12.2. The van der Waals surface area contributed by atoms with Crippen LogP contribution in [-0.2, 0) is 9.53 Å². The molecule has 1 fully saturated rings. The topological polar surface area (TPSA) is 106 Å². The summed E-state index contributed by atoms with van der Waals surface area (Å²) in [5.41, 5.74) is 0.658. The van der Waals surface area contributed by atoms with Gasteiger partial charge in [0.05, 0.1) is 12.1 Å². The Hall–Kier alpha value is -2.65. The van der Waals surface area contributed by atoms with Crippen LogP contribution < -0.4 is 10.6 Å². The lowest BCUT2D eigenvalue weighted by Gasteiger charge is -2.36. The van der Waals surface area contributed by atoms with Crippen molar-refractivity contribution in [3.05, 3.63) is 29.8 Å². The largest absolute Gasteiger partial charge is 0.478 e. The number of hydrogen-bond donors (Lipinski definition) is 3. The number of aromatic carboxylic acids is 1. The van der Waals surface area contributed by atoms with Gasteiger partial charge >= 0.3 is 5.97 Å². The number of benzene rings is 1. The average Bonchev–Trinajstić information content (AvgIpc) is 2.69. The number of rotatable bonds is 8. The number of carboxylic acid groups (broad SMARTS) is 1. The number of carboxylic acids is 1. The molecule has 0 unspecified atom stereocenters. The van der Waals surface area contributed by atoms with Gasteiger partial charge in [0, 0.05) is 57.7 Å². The predicted octanol–water partition coefficient (Wildman–Crippen LogP) is 1.72. The average molecular weight is 434 g/mol. The van der Waals surface area contributed by atoms with Gasteiger partial charge in [0.1, 0.15) is 0 Å². The number of nitrogens with one attached hydrogen (secondary N) is 2. The van der Waals surface area contributed by atoms with Crippen molar-refractivity contribution in [2.24, 2.45) is 4.99 Å². The first-order valence-electron chi connectivity index (χ1n) is 10.6. The first kappa shape index (κ1) is 24.6. The molecule has 0 bridgehead atoms. The summed E-state index contributed by atoms with van der Waals surface area (Å²) >= 11 is 0. The fourth-order valence-electron chi connectivity index (χ4n) is 3.25. The van der Waals surface area contributed by atoms with Crippen LogP contribution in [0.25, 0.3) is 0 Å². The molecule has 9 heteroatoms. The highest BCUT2D eigenvalue weighted by Crippen LogP contribution is 2.13. The highest BCUT2D eigenvalue weighted by Gasteiger charge is 2.23. The Balaban J connectivity index is 2.00. The molecule has 0 spiro atoms. The number of hydrogen-bond acceptors (Lipinski definition) is 5. The number of carbonyl (C=O) groups excluding carboxylic acids is 1. The zero-order chi connectivity index (χ0) is 22.9. The number of guanidine groups is 1. The van der Waals surface area contributed by atoms with E-state index in [1.54, 1.807) is 25.3 Å². The van der Waals surface area contributed by atoms with Gasteiger partial charge < -0.3 is 25.4 Å². The minimum atomic E-state index is -0.968. The van der Waals surface area contributed by atoms with Gasteiger partial charge in [-0.25, -0.2) is 4.79 Å². The van der Waals surface area contributed by atoms with Crippen molar-refractivity contribution in [1.82, 2.24) is 15.1 Å². The molecule has 1 heterocycles. The van der Waals surface area contributed by atoms with Crippen LogP contribution in [0.4, 0.5) is 5.69 Å². The van der Waals surface area contributed by atoms with Gasteiger partial charge in [0.25, 0.3) is 0 Å². The molecule has 2 rings (SSSR count). The van der Waals surface area contributed by atoms with E-state index in [1.165, 1.54) is 0 Å². The van der Waals surface area contributed by atoms with Crippen LogP contribution in [0.15, 0.2) is 29.3 Å². The zero-order valence-electron chi connectivity index (χ0n) is 19.0. The number of carbonyl (C=O) groups is 2. The summed E-state index contributed by atoms with van der Waals surface area (Å²) in [6, 6.07) is 6.69. The van der Waals surface area contributed by atoms with Crippen molar-refractivity contribution in [3.8, 4) is 0 Å². The Morgan fingerprint density at radius 2 is 1.90 bits per heavy atom. The summed E-state index contributed by atoms with van der Waals surface area (Å²) in [5.74, 6) is -0.236. The second-order valence-corrected chi connectivity index (χ2v) is 8.62. The van der Waals surface area contributed by atoms with Crippen molar-refractivity contribution in [1.29, 1.82) is 0 Å². The number of anilines is 1. The summed E-state index contributed by atoms with van der Waals surface area (Å²) in [6.07, 6.45) is 0.795. The number of nitrogens with zero attached hydrogens (tertiary/aromatic N) is 3. The first-order valence-corrected chi connectivity index (χ1v) is 10.6. The quantitative estimate of drug-likeness (QED) is 0.326. The number of amides is 1. The number of aliphatic imine (C=N–C) groups is 1. The molecular formula is C22H35N5O4. The van der Waals surface area contributed by atoms with Crippen LogP contribution in [0, 0.1) is 0 Å². The Morgan fingerprint density at radius 3 is 2.52 bits per heavy atom. The minimum absolute atomic E-state index is 0.0259. The van der Waals surface area contributed by atoms with Gasteiger partial charge in [-0.3, -0.25) is 14.7 Å². The third-order valence-corrected chi connectivity index (χ3v) is 4.69. The van der Waals surface area contributed by atoms with Crippen LogP contribution in [0.5, 0.6) is 0 Å². The van der Waals surface area contributed by atoms with E-state index in [0.29, 0.717) is 31.3 Å². The molecule has 0 aromatic heterocycles. The third-order valence-electron chi connectivity index (χ3n) is 4.69. The summed E-state index contributed by atoms with van der Waals surface area (Å²) in [4.78, 5) is 32.4. The zero-order valence-corrected chi connectivity index (χ0v) is 19.0. The summed E-state index contributed by atoms with van der Waals surface area (Å²) in [7, 11) is 1.66. The molecule has 1 amide bonds. The molecule has 0 aliphatic carbocycles. The van der Waals surface area contributed by atoms with Crippen molar-refractivity contribution < 1.29 is 19.4 Å². The summed E-state index contributed by atoms with van der Waals surface area (Å²) < 4.78 is 5.10. The molecule has 0 saturated carbocycles. The lowest BCUT2D eigenvalue weighted by atomic mass is 10.1. The van der Waals surface area contributed by atoms with E-state index < -0.39 is 5.97 Å². The third kappa shape index (κ3) is 8.94. The molecule has 1 aromatic rings. The van der Waals surface area contributed by atoms with Gasteiger partial charge in [0.2, 0.25) is 5.91 Å². The Kier molecular flexibility index (Phi) is 9.26. The number of piperazine rings is 1. The normalized spacial score (nSPS) is 15.6. The van der Waals surface area contributed by atoms with Gasteiger partial charge in [0.15, 0.2) is 5.96 Å². The van der Waals surface area contributed by atoms with Crippen molar-refractivity contribution in [2.75, 3.05) is 58.3 Å². The predicted molar refractivity (Wildman–Crippen MR) is 122 cm³/mol. The van der Waals surface area contributed by atoms with E-state index in [2.05, 4.69) is 20.4 Å². The second kappa shape index (κ2) is 11.7. The molecule has 172 valence electrons. The number of methoxy groups -OCH3 is 1. The molecule has 1 aliphatic heterocycles. The van der Waals surface area contributed by atoms with Crippen LogP contribution in [0.3, 0.4) is 0 Å². The maximum atomic E-state index is 12.2. The summed E-state index contributed by atoms with van der Waals surface area (Å²) in [6.45, 7) is 10.4. The highest BCUT2D eigenvalue weighted by atomic mass is 16.5. The Bertz CT molecular complexity index is 767. The van der Waals surface area contributed by atoms with E-state index in [9.17, 15) is 14.7 Å². The van der Waals surface area contributed by atoms with Gasteiger partial charge in [-0.05, 0) is 45.4 Å². The first-order chi connectivity index (χ1) is 14.7. The molecule has 1 aromatic carbocycles. The molecule has 1 saturated heterocycles. The van der Waals surface area contributed by atoms with Crippen LogP contribution >= 0.6 is 0 Å². The Labute approximate surface area is 184 Å². The second-order valence-electron chi connectivity index (χ2n) is 8.62. The van der Waals surface area contributed by atoms with Crippen molar-refractivity contribution in [2.45, 2.75) is 32.7 Å². The number of ether oxygens (including phenoxy) is 1. The van der Waals surface area contributed by atoms with E-state index in [4.69, 9.17) is 9.73 Å². The monoisotopic (exact) mass is 433 g/mol. The SMILES string of the molecule is COCCCN=C(Nc1cccc(C(=O)O)c1)N1CCN(CC(=O)NC(C)(C)C)CC1. The maximum Gasteiger partial charge on any atom is 0.335 e. The lowest BCUT2D eigenvalue weighted by Crippen LogP contribution is -2.54. The van der Waals surface area contributed by atoms with Crippen molar-refractivity contribution >= 4 is 23.5 Å². The molecule has 0 radical (unpaired) electrons. The fourth-order valence-corrected chi connectivity index (χ4v) is 3.25. The Morgan fingerprint density at radius 1 is 1.19 bits per heavy atom. The standard InChI is InChI=1S/C22H35N5O4/c1-22(2,3)25-19(28)16-26-10-12-27(13-11-26)21(23-9-6-14-31-4)24-18-8-5-7-17(15-18)20(29)30/h5,7-8,15H,6,9-14,16H2,1-4H3,(H,23,24)(H,25,28)(H,29,30). The smallest absolute Gasteiger partial charge is 0.335 e. The van der Waals surface area contributed by atoms with Gasteiger partial charge in [-0.2, -0.15) is 0 Å². The fraction of sp³-hybridized carbons (Fsp3) is 0.591. The van der Waals surface area contributed by atoms with E-state index in [0.717, 1.165) is 32.6 Å². The molecule has 0 atom stereocenters. The molecule has 1 aliphatic rings. The molecule has 9 nitrogen and oxygen atoms in total. The van der Waals surface area contributed by atoms with E-state index >= 15 is 0 Å². The van der Waals surface area contributed by atoms with E-state index in [1.807, 2.05) is 26.8 Å². The van der Waals surface area contributed by atoms with Gasteiger partial charge in [-0.15, -0.1) is 0 Å². The summed E-state index contributed by atoms with van der Waals surface area (Å²) in [5, 5.41) is 15.5. The van der Waals surface area contributed by atoms with Gasteiger partial charge in [-0.1, -0.05) is 6.07 Å². The highest BCUT2D eigenvalue weighted by molar-refractivity contribution is 5.95. The van der Waals surface area contributed by atoms with E-state index in [-0.39, 0.29) is 17.0 Å². The lowest BCUT2D eigenvalue weighted by molar-refractivity contribution is -0.123. The molecular weight excluding hydrogens is 398 g/mol. The van der Waals surface area contributed by atoms with Crippen LogP contribution in [0.2, 0.25) is 0 Å². The van der Waals surface area contributed by atoms with Crippen molar-refractivity contribution in [3.63, 3.8) is 0 Å². The molecule has 31 heavy (non-hydrogen) atoms. The molecule has 3 N–H and O–H groups in total. The minimum Gasteiger partial charge on any atom is -0.478 e. The van der Waals surface area contributed by atoms with Crippen LogP contribution in [0.1, 0.15) is 37.6 Å². The van der Waals surface area contributed by atoms with Crippen LogP contribution in [-0.4, -0.2) is 91.3 Å².